The quantitative estimate of drug-likeness (QED) is 0.582. The van der Waals surface area contributed by atoms with Crippen molar-refractivity contribution in [2.45, 2.75) is 6.54 Å². The minimum atomic E-state index is -0.480. The van der Waals surface area contributed by atoms with Crippen LogP contribution in [0.3, 0.4) is 0 Å². The van der Waals surface area contributed by atoms with Crippen LogP contribution in [-0.4, -0.2) is 54.1 Å². The summed E-state index contributed by atoms with van der Waals surface area (Å²) in [6, 6.07) is 19.6. The monoisotopic (exact) mass is 446 g/mol. The maximum Gasteiger partial charge on any atom is 0.263 e. The predicted octanol–water partition coefficient (Wildman–Crippen LogP) is 2.42. The van der Waals surface area contributed by atoms with Gasteiger partial charge in [-0.05, 0) is 42.0 Å². The summed E-state index contributed by atoms with van der Waals surface area (Å²) in [6.45, 7) is 3.46. The molecule has 2 aromatic carbocycles. The van der Waals surface area contributed by atoms with Gasteiger partial charge in [0.2, 0.25) is 5.91 Å². The van der Waals surface area contributed by atoms with Gasteiger partial charge in [-0.1, -0.05) is 30.3 Å². The molecule has 0 radical (unpaired) electrons. The Morgan fingerprint density at radius 2 is 1.52 bits per heavy atom. The minimum absolute atomic E-state index is 0.0660. The molecule has 2 N–H and O–H groups in total. The average Bonchev–Trinajstić information content (AvgIpc) is 2.83. The van der Waals surface area contributed by atoms with Crippen LogP contribution in [0.25, 0.3) is 0 Å². The van der Waals surface area contributed by atoms with Gasteiger partial charge >= 0.3 is 0 Å². The molecule has 0 atom stereocenters. The lowest BCUT2D eigenvalue weighted by Crippen LogP contribution is -2.41. The summed E-state index contributed by atoms with van der Waals surface area (Å²) in [7, 11) is 0. The number of carbonyl (C=O) groups is 2. The molecule has 33 heavy (non-hydrogen) atoms. The first-order valence-corrected chi connectivity index (χ1v) is 10.8. The number of carbonyl (C=O) groups excluding carboxylic acids is 2. The van der Waals surface area contributed by atoms with Crippen LogP contribution in [0.2, 0.25) is 0 Å². The highest BCUT2D eigenvalue weighted by molar-refractivity contribution is 6.04. The van der Waals surface area contributed by atoms with Crippen molar-refractivity contribution in [3.8, 4) is 0 Å². The Kier molecular flexibility index (Phi) is 7.29. The summed E-state index contributed by atoms with van der Waals surface area (Å²) in [5.74, 6) is -0.580. The Balaban J connectivity index is 1.36. The standard InChI is InChI=1S/C25H26N4O4/c30-23(18-28-13-15-33-16-14-28)26-20-8-10-21(11-9-20)27-24(31)22-7-4-12-29(25(22)32)17-19-5-2-1-3-6-19/h1-12H,13-18H2,(H,26,30)(H,27,31). The molecular formula is C25H26N4O4. The number of morpholine rings is 1. The number of benzene rings is 2. The molecular weight excluding hydrogens is 420 g/mol. The molecule has 3 aromatic rings. The van der Waals surface area contributed by atoms with E-state index in [4.69, 9.17) is 4.74 Å². The van der Waals surface area contributed by atoms with Crippen LogP contribution in [0.15, 0.2) is 77.7 Å². The molecule has 8 nitrogen and oxygen atoms in total. The Morgan fingerprint density at radius 1 is 0.848 bits per heavy atom. The second kappa shape index (κ2) is 10.7. The van der Waals surface area contributed by atoms with Gasteiger partial charge in [0.05, 0.1) is 26.3 Å². The van der Waals surface area contributed by atoms with E-state index >= 15 is 0 Å². The normalized spacial score (nSPS) is 13.9. The lowest BCUT2D eigenvalue weighted by molar-refractivity contribution is -0.118. The van der Waals surface area contributed by atoms with Crippen LogP contribution in [0.4, 0.5) is 11.4 Å². The molecule has 170 valence electrons. The van der Waals surface area contributed by atoms with Crippen LogP contribution >= 0.6 is 0 Å². The zero-order valence-corrected chi connectivity index (χ0v) is 18.2. The molecule has 0 spiro atoms. The fourth-order valence-electron chi connectivity index (χ4n) is 3.61. The van der Waals surface area contributed by atoms with Crippen molar-refractivity contribution in [2.75, 3.05) is 43.5 Å². The zero-order valence-electron chi connectivity index (χ0n) is 18.2. The summed E-state index contributed by atoms with van der Waals surface area (Å²) in [5, 5.41) is 5.60. The van der Waals surface area contributed by atoms with Crippen molar-refractivity contribution in [1.82, 2.24) is 9.47 Å². The molecule has 0 unspecified atom stereocenters. The number of anilines is 2. The maximum atomic E-state index is 12.8. The van der Waals surface area contributed by atoms with E-state index in [9.17, 15) is 14.4 Å². The van der Waals surface area contributed by atoms with E-state index in [1.165, 1.54) is 10.6 Å². The lowest BCUT2D eigenvalue weighted by atomic mass is 10.2. The molecule has 2 heterocycles. The summed E-state index contributed by atoms with van der Waals surface area (Å²) >= 11 is 0. The third-order valence-electron chi connectivity index (χ3n) is 5.36. The van der Waals surface area contributed by atoms with E-state index < -0.39 is 5.91 Å². The first kappa shape index (κ1) is 22.4. The number of ether oxygens (including phenoxy) is 1. The molecule has 1 aliphatic heterocycles. The van der Waals surface area contributed by atoms with E-state index in [2.05, 4.69) is 10.6 Å². The Hall–Kier alpha value is -3.75. The van der Waals surface area contributed by atoms with Crippen molar-refractivity contribution >= 4 is 23.2 Å². The Labute approximate surface area is 191 Å². The van der Waals surface area contributed by atoms with Gasteiger partial charge in [0.25, 0.3) is 11.5 Å². The summed E-state index contributed by atoms with van der Waals surface area (Å²) in [4.78, 5) is 39.8. The smallest absolute Gasteiger partial charge is 0.263 e. The number of hydrogen-bond acceptors (Lipinski definition) is 5. The number of hydrogen-bond donors (Lipinski definition) is 2. The highest BCUT2D eigenvalue weighted by atomic mass is 16.5. The third kappa shape index (κ3) is 6.15. The van der Waals surface area contributed by atoms with Gasteiger partial charge in [0.1, 0.15) is 5.56 Å². The van der Waals surface area contributed by atoms with Crippen LogP contribution in [-0.2, 0) is 16.1 Å². The van der Waals surface area contributed by atoms with Gasteiger partial charge in [-0.2, -0.15) is 0 Å². The van der Waals surface area contributed by atoms with Gasteiger partial charge in [-0.15, -0.1) is 0 Å². The van der Waals surface area contributed by atoms with Crippen LogP contribution < -0.4 is 16.2 Å². The zero-order chi connectivity index (χ0) is 23.0. The maximum absolute atomic E-state index is 12.8. The SMILES string of the molecule is O=C(CN1CCOCC1)Nc1ccc(NC(=O)c2cccn(Cc3ccccc3)c2=O)cc1. The van der Waals surface area contributed by atoms with Gasteiger partial charge < -0.3 is 19.9 Å². The van der Waals surface area contributed by atoms with Crippen molar-refractivity contribution in [2.24, 2.45) is 0 Å². The number of nitrogens with zero attached hydrogens (tertiary/aromatic N) is 2. The predicted molar refractivity (Wildman–Crippen MR) is 127 cm³/mol. The van der Waals surface area contributed by atoms with Crippen LogP contribution in [0, 0.1) is 0 Å². The fraction of sp³-hybridized carbons (Fsp3) is 0.240. The van der Waals surface area contributed by atoms with E-state index in [0.29, 0.717) is 37.7 Å². The second-order valence-electron chi connectivity index (χ2n) is 7.81. The molecule has 8 heteroatoms. The van der Waals surface area contributed by atoms with E-state index in [1.807, 2.05) is 35.2 Å². The molecule has 0 bridgehead atoms. The number of aromatic nitrogens is 1. The molecule has 4 rings (SSSR count). The third-order valence-corrected chi connectivity index (χ3v) is 5.36. The van der Waals surface area contributed by atoms with Gasteiger partial charge in [0, 0.05) is 30.7 Å². The molecule has 0 saturated carbocycles. The van der Waals surface area contributed by atoms with Crippen molar-refractivity contribution in [3.63, 3.8) is 0 Å². The molecule has 1 saturated heterocycles. The highest BCUT2D eigenvalue weighted by Crippen LogP contribution is 2.14. The van der Waals surface area contributed by atoms with E-state index in [0.717, 1.165) is 18.7 Å². The minimum Gasteiger partial charge on any atom is -0.379 e. The van der Waals surface area contributed by atoms with Gasteiger partial charge in [-0.25, -0.2) is 0 Å². The largest absolute Gasteiger partial charge is 0.379 e. The Bertz CT molecular complexity index is 1150. The van der Waals surface area contributed by atoms with Crippen molar-refractivity contribution < 1.29 is 14.3 Å². The first-order chi connectivity index (χ1) is 16.1. The van der Waals surface area contributed by atoms with Gasteiger partial charge in [0.15, 0.2) is 0 Å². The number of nitrogens with one attached hydrogen (secondary N) is 2. The second-order valence-corrected chi connectivity index (χ2v) is 7.81. The first-order valence-electron chi connectivity index (χ1n) is 10.8. The van der Waals surface area contributed by atoms with Crippen LogP contribution in [0.1, 0.15) is 15.9 Å². The van der Waals surface area contributed by atoms with Crippen LogP contribution in [0.5, 0.6) is 0 Å². The summed E-state index contributed by atoms with van der Waals surface area (Å²) < 4.78 is 6.80. The fourth-order valence-corrected chi connectivity index (χ4v) is 3.61. The summed E-state index contributed by atoms with van der Waals surface area (Å²) in [5.41, 5.74) is 1.85. The Morgan fingerprint density at radius 3 is 2.21 bits per heavy atom. The number of pyridine rings is 1. The summed E-state index contributed by atoms with van der Waals surface area (Å²) in [6.07, 6.45) is 1.67. The average molecular weight is 447 g/mol. The number of amides is 2. The molecule has 1 fully saturated rings. The van der Waals surface area contributed by atoms with Crippen molar-refractivity contribution in [3.05, 3.63) is 94.4 Å². The molecule has 2 amide bonds. The molecule has 0 aliphatic carbocycles. The van der Waals surface area contributed by atoms with E-state index in [-0.39, 0.29) is 17.0 Å². The van der Waals surface area contributed by atoms with Crippen molar-refractivity contribution in [1.29, 1.82) is 0 Å². The molecule has 1 aromatic heterocycles. The van der Waals surface area contributed by atoms with E-state index in [1.54, 1.807) is 36.5 Å². The molecule has 1 aliphatic rings. The topological polar surface area (TPSA) is 92.7 Å². The lowest BCUT2D eigenvalue weighted by Gasteiger charge is -2.25. The highest BCUT2D eigenvalue weighted by Gasteiger charge is 2.15. The van der Waals surface area contributed by atoms with Gasteiger partial charge in [-0.3, -0.25) is 19.3 Å². The number of rotatable bonds is 7.